The number of benzene rings is 1. The predicted molar refractivity (Wildman–Crippen MR) is 120 cm³/mol. The van der Waals surface area contributed by atoms with Crippen LogP contribution >= 0.6 is 11.6 Å². The van der Waals surface area contributed by atoms with Crippen molar-refractivity contribution in [3.63, 3.8) is 0 Å². The van der Waals surface area contributed by atoms with Gasteiger partial charge in [-0.05, 0) is 64.1 Å². The van der Waals surface area contributed by atoms with Gasteiger partial charge in [0.25, 0.3) is 0 Å². The largest absolute Gasteiger partial charge is 0.443 e. The van der Waals surface area contributed by atoms with Gasteiger partial charge in [0.05, 0.1) is 11.3 Å². The van der Waals surface area contributed by atoms with Gasteiger partial charge in [-0.3, -0.25) is 9.69 Å². The molecule has 0 atom stereocenters. The molecule has 0 spiro atoms. The van der Waals surface area contributed by atoms with Crippen LogP contribution in [0, 0.1) is 6.92 Å². The first-order valence-corrected chi connectivity index (χ1v) is 10.2. The van der Waals surface area contributed by atoms with Crippen molar-refractivity contribution in [1.29, 1.82) is 0 Å². The molecule has 0 aliphatic carbocycles. The van der Waals surface area contributed by atoms with E-state index in [1.165, 1.54) is 11.9 Å². The van der Waals surface area contributed by atoms with Gasteiger partial charge in [0.15, 0.2) is 5.76 Å². The summed E-state index contributed by atoms with van der Waals surface area (Å²) in [5.74, 6) is 0.0447. The summed E-state index contributed by atoms with van der Waals surface area (Å²) in [7, 11) is 1.51. The van der Waals surface area contributed by atoms with E-state index in [0.29, 0.717) is 27.4 Å². The number of aryl methyl sites for hydroxylation is 1. The zero-order valence-electron chi connectivity index (χ0n) is 18.5. The molecule has 168 valence electrons. The number of ketones is 1. The summed E-state index contributed by atoms with van der Waals surface area (Å²) >= 11 is 5.96. The van der Waals surface area contributed by atoms with Gasteiger partial charge in [-0.15, -0.1) is 0 Å². The van der Waals surface area contributed by atoms with Crippen LogP contribution in [0.3, 0.4) is 0 Å². The van der Waals surface area contributed by atoms with Gasteiger partial charge in [-0.1, -0.05) is 16.8 Å². The molecule has 1 N–H and O–H groups in total. The van der Waals surface area contributed by atoms with E-state index >= 15 is 0 Å². The van der Waals surface area contributed by atoms with Crippen LogP contribution in [0.1, 0.15) is 48.3 Å². The second-order valence-corrected chi connectivity index (χ2v) is 8.60. The molecule has 2 aromatic heterocycles. The Balaban J connectivity index is 2.14. The van der Waals surface area contributed by atoms with Crippen molar-refractivity contribution in [2.75, 3.05) is 11.9 Å². The Labute approximate surface area is 190 Å². The van der Waals surface area contributed by atoms with Gasteiger partial charge in [-0.2, -0.15) is 0 Å². The molecule has 2 heterocycles. The first-order valence-electron chi connectivity index (χ1n) is 9.86. The van der Waals surface area contributed by atoms with Gasteiger partial charge in [-0.25, -0.2) is 9.78 Å². The summed E-state index contributed by atoms with van der Waals surface area (Å²) in [6.07, 6.45) is -0.611. The van der Waals surface area contributed by atoms with Crippen molar-refractivity contribution in [2.45, 2.75) is 39.9 Å². The lowest BCUT2D eigenvalue weighted by molar-refractivity contribution is 0.0588. The second kappa shape index (κ2) is 9.10. The number of hydrogen-bond donors (Lipinski definition) is 1. The van der Waals surface area contributed by atoms with E-state index in [1.54, 1.807) is 64.1 Å². The van der Waals surface area contributed by atoms with E-state index in [2.05, 4.69) is 10.1 Å². The molecule has 3 rings (SSSR count). The SMILES string of the molecule is Cc1noc(CO)c1-c1ccc(N(C)C(=O)OC(C)(C)C)nc1C(=O)c1ccc(Cl)cc1. The molecule has 3 aromatic rings. The van der Waals surface area contributed by atoms with Crippen molar-refractivity contribution >= 4 is 29.3 Å². The van der Waals surface area contributed by atoms with E-state index in [9.17, 15) is 14.7 Å². The van der Waals surface area contributed by atoms with Crippen molar-refractivity contribution in [3.8, 4) is 11.1 Å². The zero-order chi connectivity index (χ0) is 23.6. The number of anilines is 1. The van der Waals surface area contributed by atoms with E-state index in [4.69, 9.17) is 20.9 Å². The molecule has 0 bridgehead atoms. The molecule has 0 radical (unpaired) electrons. The highest BCUT2D eigenvalue weighted by Crippen LogP contribution is 2.32. The standard InChI is InChI=1S/C23H24ClN3O5/c1-13-19(17(12-28)32-26-13)16-10-11-18(27(5)22(30)31-23(2,3)4)25-20(16)21(29)14-6-8-15(24)9-7-14/h6-11,28H,12H2,1-5H3. The van der Waals surface area contributed by atoms with Crippen molar-refractivity contribution in [3.05, 3.63) is 64.1 Å². The molecule has 0 aliphatic rings. The number of amides is 1. The zero-order valence-corrected chi connectivity index (χ0v) is 19.2. The van der Waals surface area contributed by atoms with E-state index in [0.717, 1.165) is 0 Å². The normalized spacial score (nSPS) is 11.3. The number of pyridine rings is 1. The molecule has 0 aliphatic heterocycles. The van der Waals surface area contributed by atoms with Gasteiger partial charge in [0.1, 0.15) is 23.7 Å². The van der Waals surface area contributed by atoms with Crippen LogP contribution in [0.15, 0.2) is 40.9 Å². The highest BCUT2D eigenvalue weighted by Gasteiger charge is 2.26. The molecule has 0 unspecified atom stereocenters. The Hall–Kier alpha value is -3.23. The van der Waals surface area contributed by atoms with Crippen LogP contribution in [0.25, 0.3) is 11.1 Å². The molecular formula is C23H24ClN3O5. The summed E-state index contributed by atoms with van der Waals surface area (Å²) in [5.41, 5.74) is 1.14. The Bertz CT molecular complexity index is 1150. The predicted octanol–water partition coefficient (Wildman–Crippen LogP) is 4.79. The number of aliphatic hydroxyl groups is 1. The number of ether oxygens (including phenoxy) is 1. The van der Waals surface area contributed by atoms with Gasteiger partial charge in [0.2, 0.25) is 5.78 Å². The number of hydrogen-bond acceptors (Lipinski definition) is 7. The van der Waals surface area contributed by atoms with Gasteiger partial charge in [0, 0.05) is 23.2 Å². The molecule has 1 amide bonds. The maximum Gasteiger partial charge on any atom is 0.415 e. The summed E-state index contributed by atoms with van der Waals surface area (Å²) in [4.78, 5) is 31.6. The Morgan fingerprint density at radius 3 is 2.41 bits per heavy atom. The molecule has 0 saturated heterocycles. The van der Waals surface area contributed by atoms with E-state index in [-0.39, 0.29) is 23.1 Å². The lowest BCUT2D eigenvalue weighted by atomic mass is 9.97. The van der Waals surface area contributed by atoms with Crippen LogP contribution in [-0.2, 0) is 11.3 Å². The smallest absolute Gasteiger partial charge is 0.415 e. The van der Waals surface area contributed by atoms with Crippen molar-refractivity contribution in [1.82, 2.24) is 10.1 Å². The van der Waals surface area contributed by atoms with Crippen LogP contribution in [-0.4, -0.2) is 39.8 Å². The lowest BCUT2D eigenvalue weighted by Gasteiger charge is -2.24. The highest BCUT2D eigenvalue weighted by molar-refractivity contribution is 6.30. The molecule has 8 nitrogen and oxygen atoms in total. The first kappa shape index (κ1) is 23.4. The average Bonchev–Trinajstić information content (AvgIpc) is 3.12. The maximum atomic E-state index is 13.4. The number of halogens is 1. The van der Waals surface area contributed by atoms with Crippen molar-refractivity contribution in [2.24, 2.45) is 0 Å². The molecule has 32 heavy (non-hydrogen) atoms. The highest BCUT2D eigenvalue weighted by atomic mass is 35.5. The fourth-order valence-electron chi connectivity index (χ4n) is 3.04. The lowest BCUT2D eigenvalue weighted by Crippen LogP contribution is -2.34. The monoisotopic (exact) mass is 457 g/mol. The van der Waals surface area contributed by atoms with Gasteiger partial charge < -0.3 is 14.4 Å². The summed E-state index contributed by atoms with van der Waals surface area (Å²) in [6, 6.07) is 9.63. The molecule has 0 fully saturated rings. The second-order valence-electron chi connectivity index (χ2n) is 8.17. The minimum atomic E-state index is -0.692. The van der Waals surface area contributed by atoms with E-state index in [1.807, 2.05) is 0 Å². The molecule has 0 saturated carbocycles. The quantitative estimate of drug-likeness (QED) is 0.549. The minimum Gasteiger partial charge on any atom is -0.443 e. The Kier molecular flexibility index (Phi) is 6.66. The fraction of sp³-hybridized carbons (Fsp3) is 0.304. The average molecular weight is 458 g/mol. The molecule has 9 heteroatoms. The number of carbonyl (C=O) groups is 2. The van der Waals surface area contributed by atoms with Crippen LogP contribution in [0.2, 0.25) is 5.02 Å². The number of aliphatic hydroxyl groups excluding tert-OH is 1. The molecular weight excluding hydrogens is 434 g/mol. The minimum absolute atomic E-state index is 0.0706. The maximum absolute atomic E-state index is 13.4. The molecule has 1 aromatic carbocycles. The topological polar surface area (TPSA) is 106 Å². The summed E-state index contributed by atoms with van der Waals surface area (Å²) < 4.78 is 10.6. The van der Waals surface area contributed by atoms with Crippen LogP contribution in [0.5, 0.6) is 0 Å². The number of aromatic nitrogens is 2. The third-order valence-corrected chi connectivity index (χ3v) is 4.81. The number of nitrogens with zero attached hydrogens (tertiary/aromatic N) is 3. The van der Waals surface area contributed by atoms with Gasteiger partial charge >= 0.3 is 6.09 Å². The van der Waals surface area contributed by atoms with Crippen LogP contribution in [0.4, 0.5) is 10.6 Å². The Morgan fingerprint density at radius 1 is 1.16 bits per heavy atom. The Morgan fingerprint density at radius 2 is 1.81 bits per heavy atom. The van der Waals surface area contributed by atoms with Crippen LogP contribution < -0.4 is 4.90 Å². The summed E-state index contributed by atoms with van der Waals surface area (Å²) in [5, 5.41) is 14.1. The first-order chi connectivity index (χ1) is 15.0. The number of rotatable bonds is 5. The van der Waals surface area contributed by atoms with Crippen molar-refractivity contribution < 1.29 is 24.0 Å². The van der Waals surface area contributed by atoms with E-state index < -0.39 is 18.3 Å². The third kappa shape index (κ3) is 4.98. The summed E-state index contributed by atoms with van der Waals surface area (Å²) in [6.45, 7) is 6.58. The fourth-order valence-corrected chi connectivity index (χ4v) is 3.17. The number of carbonyl (C=O) groups excluding carboxylic acids is 2. The third-order valence-electron chi connectivity index (χ3n) is 4.56.